The summed E-state index contributed by atoms with van der Waals surface area (Å²) < 4.78 is 18.1. The van der Waals surface area contributed by atoms with Gasteiger partial charge in [-0.05, 0) is 104 Å². The molecule has 0 aromatic heterocycles. The number of rotatable bonds is 37. The number of carboxylic acid groups (broad SMARTS) is 1. The van der Waals surface area contributed by atoms with Crippen LogP contribution in [0.1, 0.15) is 145 Å². The number of methoxy groups -OCH3 is 2. The number of ketones is 2. The van der Waals surface area contributed by atoms with Crippen LogP contribution in [-0.4, -0.2) is 174 Å². The van der Waals surface area contributed by atoms with Crippen molar-refractivity contribution in [3.63, 3.8) is 0 Å². The van der Waals surface area contributed by atoms with Crippen molar-refractivity contribution in [3.05, 3.63) is 74.7 Å². The maximum absolute atomic E-state index is 14.8. The molecule has 11 atom stereocenters. The van der Waals surface area contributed by atoms with E-state index in [1.54, 1.807) is 79.2 Å². The minimum Gasteiger partial charge on any atom is -0.480 e. The Morgan fingerprint density at radius 3 is 1.89 bits per heavy atom. The lowest BCUT2D eigenvalue weighted by Gasteiger charge is -2.41. The molecule has 4 N–H and O–H groups in total. The molecular weight excluding hydrogens is 1300 g/mol. The fourth-order valence-corrected chi connectivity index (χ4v) is 12.8. The van der Waals surface area contributed by atoms with Gasteiger partial charge in [0.05, 0.1) is 48.7 Å². The van der Waals surface area contributed by atoms with E-state index in [0.717, 1.165) is 10.5 Å². The Morgan fingerprint density at radius 1 is 0.714 bits per heavy atom. The maximum atomic E-state index is 14.8. The average molecular weight is 1400 g/mol. The van der Waals surface area contributed by atoms with E-state index in [2.05, 4.69) is 47.8 Å². The van der Waals surface area contributed by atoms with Crippen molar-refractivity contribution < 1.29 is 72.1 Å². The van der Waals surface area contributed by atoms with Crippen LogP contribution >= 0.6 is 31.9 Å². The molecule has 4 rings (SSSR count). The Kier molecular flexibility index (Phi) is 31.1. The van der Waals surface area contributed by atoms with Crippen LogP contribution in [0.25, 0.3) is 0 Å². The van der Waals surface area contributed by atoms with Gasteiger partial charge in [0.25, 0.3) is 11.8 Å². The summed E-state index contributed by atoms with van der Waals surface area (Å²) in [5.74, 6) is -7.93. The first-order valence-electron chi connectivity index (χ1n) is 31.6. The predicted octanol–water partition coefficient (Wildman–Crippen LogP) is 8.85. The number of likely N-dealkylation sites (tertiary alicyclic amines) is 1. The number of likely N-dealkylation sites (N-methyl/N-ethyl adjacent to an activating group) is 2. The molecule has 0 aliphatic carbocycles. The summed E-state index contributed by atoms with van der Waals surface area (Å²) in [7, 11) is 6.11. The van der Waals surface area contributed by atoms with Gasteiger partial charge >= 0.3 is 12.1 Å². The summed E-state index contributed by atoms with van der Waals surface area (Å²) >= 11 is 6.22. The maximum Gasteiger partial charge on any atom is 0.410 e. The summed E-state index contributed by atoms with van der Waals surface area (Å²) in [6.07, 6.45) is 0.890. The van der Waals surface area contributed by atoms with Gasteiger partial charge in [0.2, 0.25) is 29.5 Å². The van der Waals surface area contributed by atoms with Crippen LogP contribution in [0.3, 0.4) is 0 Å². The van der Waals surface area contributed by atoms with Crippen molar-refractivity contribution in [2.45, 2.75) is 189 Å². The molecule has 0 unspecified atom stereocenters. The monoisotopic (exact) mass is 1400 g/mol. The number of imide groups is 1. The number of hydrogen-bond acceptors (Lipinski definition) is 14. The van der Waals surface area contributed by atoms with Crippen molar-refractivity contribution in [2.24, 2.45) is 41.4 Å². The van der Waals surface area contributed by atoms with Gasteiger partial charge in [-0.3, -0.25) is 48.1 Å². The summed E-state index contributed by atoms with van der Waals surface area (Å²) in [5, 5.41) is 18.3. The Hall–Kier alpha value is -6.37. The molecule has 0 saturated carbocycles. The Labute approximate surface area is 553 Å². The zero-order chi connectivity index (χ0) is 68.1. The number of carbonyl (C=O) groups is 11. The molecule has 24 heteroatoms. The van der Waals surface area contributed by atoms with Crippen molar-refractivity contribution >= 4 is 103 Å². The van der Waals surface area contributed by atoms with Crippen LogP contribution in [0.4, 0.5) is 10.5 Å². The largest absolute Gasteiger partial charge is 0.480 e. The molecule has 0 bridgehead atoms. The number of carbonyl (C=O) groups excluding carboxylic acids is 10. The Balaban J connectivity index is 1.32. The molecule has 91 heavy (non-hydrogen) atoms. The second-order valence-electron chi connectivity index (χ2n) is 25.3. The van der Waals surface area contributed by atoms with E-state index in [-0.39, 0.29) is 107 Å². The second-order valence-corrected chi connectivity index (χ2v) is 26.9. The Bertz CT molecular complexity index is 2870. The predicted molar refractivity (Wildman–Crippen MR) is 351 cm³/mol. The summed E-state index contributed by atoms with van der Waals surface area (Å²) in [6, 6.07) is 11.5. The molecule has 0 spiro atoms. The molecule has 22 nitrogen and oxygen atoms in total. The lowest BCUT2D eigenvalue weighted by Crippen LogP contribution is -2.55. The highest BCUT2D eigenvalue weighted by Crippen LogP contribution is 2.33. The molecule has 2 aromatic rings. The van der Waals surface area contributed by atoms with Crippen LogP contribution in [0, 0.1) is 41.4 Å². The van der Waals surface area contributed by atoms with Crippen LogP contribution in [0.15, 0.2) is 63.6 Å². The molecular formula is C67H97Br2N7O15. The second kappa shape index (κ2) is 36.8. The van der Waals surface area contributed by atoms with Gasteiger partial charge in [0, 0.05) is 84.6 Å². The number of anilines is 1. The molecule has 504 valence electrons. The quantitative estimate of drug-likeness (QED) is 0.0363. The molecule has 2 aliphatic heterocycles. The summed E-state index contributed by atoms with van der Waals surface area (Å²) in [4.78, 5) is 153. The first kappa shape index (κ1) is 77.1. The Morgan fingerprint density at radius 2 is 1.34 bits per heavy atom. The number of amides is 8. The fourth-order valence-electron chi connectivity index (χ4n) is 12.0. The highest BCUT2D eigenvalue weighted by Gasteiger charge is 2.44. The minimum absolute atomic E-state index is 0.0862. The number of unbranched alkanes of at least 4 members (excludes halogenated alkanes) is 2. The van der Waals surface area contributed by atoms with Gasteiger partial charge in [0.15, 0.2) is 11.6 Å². The lowest BCUT2D eigenvalue weighted by molar-refractivity contribution is -0.149. The van der Waals surface area contributed by atoms with Gasteiger partial charge < -0.3 is 50.0 Å². The smallest absolute Gasteiger partial charge is 0.410 e. The van der Waals surface area contributed by atoms with E-state index in [4.69, 9.17) is 14.2 Å². The number of benzene rings is 2. The number of nitrogens with one attached hydrogen (secondary N) is 3. The number of aliphatic carboxylic acids is 1. The van der Waals surface area contributed by atoms with Crippen LogP contribution in [0.2, 0.25) is 0 Å². The highest BCUT2D eigenvalue weighted by atomic mass is 79.9. The topological polar surface area (TPSA) is 285 Å². The van der Waals surface area contributed by atoms with Crippen LogP contribution in [0.5, 0.6) is 0 Å². The first-order valence-corrected chi connectivity index (χ1v) is 33.2. The van der Waals surface area contributed by atoms with E-state index in [1.165, 1.54) is 26.2 Å². The third-order valence-corrected chi connectivity index (χ3v) is 19.6. The van der Waals surface area contributed by atoms with E-state index < -0.39 is 95.9 Å². The van der Waals surface area contributed by atoms with Gasteiger partial charge in [-0.25, -0.2) is 9.59 Å². The van der Waals surface area contributed by atoms with E-state index in [0.29, 0.717) is 56.3 Å². The molecule has 2 aromatic carbocycles. The SMILES string of the molecule is CC[C@H](C)[C@@H]([C@@H](CC(=O)N1CCC[C@H]1[C@H](OC)[C@@H](C)C(=O)N[C@@H](Cc1ccccc1)C(=O)O)OC)N(C)C(=O)[C@@H](CC(=O)[C@H](C(C)C)N(C)C(=O)OCc1ccc(NC(=O)[C@H](C)CC(=O)[C@@H](NC(=O)CCCCCN2C(=O)C(Br)=C(Br)C2=O)C(C)C)cc1)C(C)C. The van der Waals surface area contributed by atoms with Crippen LogP contribution in [-0.2, 0) is 75.2 Å². The van der Waals surface area contributed by atoms with Gasteiger partial charge in [-0.2, -0.15) is 0 Å². The molecule has 1 saturated heterocycles. The van der Waals surface area contributed by atoms with Gasteiger partial charge in [0.1, 0.15) is 21.6 Å². The zero-order valence-corrected chi connectivity index (χ0v) is 58.6. The molecule has 8 amide bonds. The minimum atomic E-state index is -1.18. The molecule has 2 heterocycles. The van der Waals surface area contributed by atoms with E-state index >= 15 is 0 Å². The standard InChI is InChI=1S/C67H97Br2N7O15/c1-15-41(8)59(52(89-13)36-54(80)75-32-22-25-49(75)60(90-14)43(10)62(82)71-48(66(86)87)34-44-23-18-16-19-24-44)73(11)63(83)47(38(2)3)35-51(78)58(40(6)7)74(12)67(88)91-37-45-27-29-46(30-28-45)70-61(81)42(9)33-50(77)57(39(4)5)72-53(79)26-20-17-21-31-76-64(84)55(68)56(69)65(76)85/h16,18-19,23-24,27-30,38-43,47-49,52,57-60H,15,17,20-22,25-26,31-37H2,1-14H3,(H,70,81)(H,71,82)(H,72,79)(H,86,87)/t41-,42+,43+,47-,48-,49-,52+,57-,58-,59-,60+/m0/s1. The normalized spacial score (nSPS) is 17.6. The molecule has 1 fully saturated rings. The number of carboxylic acids is 1. The number of hydrogen-bond donors (Lipinski definition) is 4. The number of nitrogens with zero attached hydrogens (tertiary/aromatic N) is 4. The van der Waals surface area contributed by atoms with Crippen molar-refractivity contribution in [3.8, 4) is 0 Å². The van der Waals surface area contributed by atoms with Crippen LogP contribution < -0.4 is 16.0 Å². The van der Waals surface area contributed by atoms with Crippen molar-refractivity contribution in [1.82, 2.24) is 30.2 Å². The third-order valence-electron chi connectivity index (χ3n) is 17.6. The van der Waals surface area contributed by atoms with Crippen molar-refractivity contribution in [1.29, 1.82) is 0 Å². The molecule has 2 aliphatic rings. The number of halogens is 2. The van der Waals surface area contributed by atoms with E-state index in [1.807, 2.05) is 61.5 Å². The molecule has 0 radical (unpaired) electrons. The lowest BCUT2D eigenvalue weighted by atomic mass is 9.83. The van der Waals surface area contributed by atoms with Crippen molar-refractivity contribution in [2.75, 3.05) is 46.7 Å². The zero-order valence-electron chi connectivity index (χ0n) is 55.4. The summed E-state index contributed by atoms with van der Waals surface area (Å²) in [5.41, 5.74) is 1.77. The van der Waals surface area contributed by atoms with Gasteiger partial charge in [-0.15, -0.1) is 0 Å². The van der Waals surface area contributed by atoms with E-state index in [9.17, 15) is 57.8 Å². The fraction of sp³-hybridized carbons (Fsp3) is 0.627. The summed E-state index contributed by atoms with van der Waals surface area (Å²) in [6.45, 7) is 18.6. The first-order chi connectivity index (χ1) is 42.9. The average Bonchev–Trinajstić information content (AvgIpc) is 2.97. The highest BCUT2D eigenvalue weighted by molar-refractivity contribution is 9.14. The number of ether oxygens (including phenoxy) is 3. The number of Topliss-reactive ketones (excluding diaryl/α,β-unsaturated/α-hetero) is 2. The van der Waals surface area contributed by atoms with Gasteiger partial charge in [-0.1, -0.05) is 125 Å². The third kappa shape index (κ3) is 21.6.